The molecule has 27 heavy (non-hydrogen) atoms. The molecule has 136 valence electrons. The number of piperidine rings is 1. The SMILES string of the molecule is Cc1ccc2c(c1)[C@H]1CN(C)CC[C@H]1N2C(=O)c1ccc2ccccc2n1. The first-order valence-corrected chi connectivity index (χ1v) is 9.60. The van der Waals surface area contributed by atoms with Gasteiger partial charge in [-0.25, -0.2) is 4.98 Å². The Morgan fingerprint density at radius 1 is 1.11 bits per heavy atom. The number of benzene rings is 2. The van der Waals surface area contributed by atoms with Crippen molar-refractivity contribution in [3.63, 3.8) is 0 Å². The van der Waals surface area contributed by atoms with Gasteiger partial charge in [-0.15, -0.1) is 0 Å². The lowest BCUT2D eigenvalue weighted by atomic mass is 9.89. The number of carbonyl (C=O) groups excluding carboxylic acids is 1. The second-order valence-electron chi connectivity index (χ2n) is 7.85. The average Bonchev–Trinajstić information content (AvgIpc) is 3.00. The van der Waals surface area contributed by atoms with Crippen molar-refractivity contribution in [2.45, 2.75) is 25.3 Å². The number of fused-ring (bicyclic) bond motifs is 4. The van der Waals surface area contributed by atoms with Gasteiger partial charge in [0.25, 0.3) is 5.91 Å². The minimum atomic E-state index is 0.0166. The van der Waals surface area contributed by atoms with Gasteiger partial charge in [0.2, 0.25) is 0 Å². The molecule has 4 nitrogen and oxygen atoms in total. The van der Waals surface area contributed by atoms with Gasteiger partial charge in [0.05, 0.1) is 5.52 Å². The van der Waals surface area contributed by atoms with Crippen molar-refractivity contribution in [2.24, 2.45) is 0 Å². The van der Waals surface area contributed by atoms with Gasteiger partial charge < -0.3 is 9.80 Å². The molecule has 0 saturated carbocycles. The number of hydrogen-bond donors (Lipinski definition) is 0. The van der Waals surface area contributed by atoms with Crippen LogP contribution in [0.1, 0.15) is 34.0 Å². The van der Waals surface area contributed by atoms with Crippen molar-refractivity contribution in [3.8, 4) is 0 Å². The highest BCUT2D eigenvalue weighted by Gasteiger charge is 2.44. The van der Waals surface area contributed by atoms with E-state index in [-0.39, 0.29) is 11.9 Å². The van der Waals surface area contributed by atoms with Crippen LogP contribution in [0.15, 0.2) is 54.6 Å². The van der Waals surface area contributed by atoms with Crippen LogP contribution >= 0.6 is 0 Å². The standard InChI is InChI=1S/C23H23N3O/c1-15-7-10-21-17(13-15)18-14-25(2)12-11-22(18)26(21)23(27)20-9-8-16-5-3-4-6-19(16)24-20/h3-10,13,18,22H,11-12,14H2,1-2H3/t18-,22-/m1/s1. The maximum Gasteiger partial charge on any atom is 0.277 e. The van der Waals surface area contributed by atoms with Crippen LogP contribution in [0.25, 0.3) is 10.9 Å². The third-order valence-electron chi connectivity index (χ3n) is 5.99. The topological polar surface area (TPSA) is 36.4 Å². The molecule has 1 amide bonds. The highest BCUT2D eigenvalue weighted by atomic mass is 16.2. The van der Waals surface area contributed by atoms with Crippen molar-refractivity contribution < 1.29 is 4.79 Å². The molecule has 0 bridgehead atoms. The lowest BCUT2D eigenvalue weighted by molar-refractivity contribution is 0.0960. The number of likely N-dealkylation sites (N-methyl/N-ethyl adjacent to an activating group) is 1. The summed E-state index contributed by atoms with van der Waals surface area (Å²) < 4.78 is 0. The molecular weight excluding hydrogens is 334 g/mol. The van der Waals surface area contributed by atoms with E-state index in [1.165, 1.54) is 11.1 Å². The lowest BCUT2D eigenvalue weighted by Crippen LogP contribution is -2.47. The summed E-state index contributed by atoms with van der Waals surface area (Å²) in [5.41, 5.74) is 5.01. The number of para-hydroxylation sites is 1. The molecule has 0 N–H and O–H groups in total. The number of carbonyl (C=O) groups is 1. The Labute approximate surface area is 159 Å². The zero-order chi connectivity index (χ0) is 18.5. The molecule has 0 spiro atoms. The Bertz CT molecular complexity index is 1040. The monoisotopic (exact) mass is 357 g/mol. The molecule has 1 fully saturated rings. The smallest absolute Gasteiger partial charge is 0.277 e. The molecule has 2 aromatic carbocycles. The zero-order valence-electron chi connectivity index (χ0n) is 15.7. The molecule has 4 heteroatoms. The molecule has 1 saturated heterocycles. The van der Waals surface area contributed by atoms with E-state index in [4.69, 9.17) is 0 Å². The van der Waals surface area contributed by atoms with Crippen molar-refractivity contribution >= 4 is 22.5 Å². The van der Waals surface area contributed by atoms with E-state index in [2.05, 4.69) is 42.1 Å². The minimum absolute atomic E-state index is 0.0166. The van der Waals surface area contributed by atoms with Crippen molar-refractivity contribution in [2.75, 3.05) is 25.0 Å². The molecule has 5 rings (SSSR count). The number of pyridine rings is 1. The van der Waals surface area contributed by atoms with E-state index in [0.717, 1.165) is 36.1 Å². The first-order valence-electron chi connectivity index (χ1n) is 9.60. The Kier molecular flexibility index (Phi) is 3.76. The van der Waals surface area contributed by atoms with Crippen molar-refractivity contribution in [1.29, 1.82) is 0 Å². The molecule has 3 heterocycles. The summed E-state index contributed by atoms with van der Waals surface area (Å²) in [5.74, 6) is 0.394. The van der Waals surface area contributed by atoms with Crippen molar-refractivity contribution in [1.82, 2.24) is 9.88 Å². The highest BCUT2D eigenvalue weighted by Crippen LogP contribution is 2.45. The van der Waals surface area contributed by atoms with Gasteiger partial charge >= 0.3 is 0 Å². The predicted octanol–water partition coefficient (Wildman–Crippen LogP) is 3.99. The second-order valence-corrected chi connectivity index (χ2v) is 7.85. The van der Waals surface area contributed by atoms with E-state index in [1.807, 2.05) is 41.3 Å². The first kappa shape index (κ1) is 16.5. The third kappa shape index (κ3) is 2.63. The van der Waals surface area contributed by atoms with Gasteiger partial charge in [-0.3, -0.25) is 4.79 Å². The summed E-state index contributed by atoms with van der Waals surface area (Å²) >= 11 is 0. The van der Waals surface area contributed by atoms with Crippen LogP contribution in [0.3, 0.4) is 0 Å². The first-order chi connectivity index (χ1) is 13.1. The van der Waals surface area contributed by atoms with Gasteiger partial charge in [-0.1, -0.05) is 42.0 Å². The molecule has 3 aromatic rings. The number of anilines is 1. The fourth-order valence-electron chi connectivity index (χ4n) is 4.65. The Morgan fingerprint density at radius 2 is 1.96 bits per heavy atom. The Balaban J connectivity index is 1.59. The highest BCUT2D eigenvalue weighted by molar-refractivity contribution is 6.07. The van der Waals surface area contributed by atoms with Crippen molar-refractivity contribution in [3.05, 3.63) is 71.4 Å². The number of nitrogens with zero attached hydrogens (tertiary/aromatic N) is 3. The summed E-state index contributed by atoms with van der Waals surface area (Å²) in [5, 5.41) is 1.06. The van der Waals surface area contributed by atoms with E-state index in [9.17, 15) is 4.79 Å². The maximum atomic E-state index is 13.5. The Morgan fingerprint density at radius 3 is 2.85 bits per heavy atom. The van der Waals surface area contributed by atoms with Gasteiger partial charge in [0.15, 0.2) is 0 Å². The number of rotatable bonds is 1. The molecule has 0 aliphatic carbocycles. The Hall–Kier alpha value is -2.72. The van der Waals surface area contributed by atoms with Crippen LogP contribution in [-0.2, 0) is 0 Å². The normalized spacial score (nSPS) is 21.9. The van der Waals surface area contributed by atoms with Crippen LogP contribution in [0.2, 0.25) is 0 Å². The molecule has 0 unspecified atom stereocenters. The van der Waals surface area contributed by atoms with Crippen LogP contribution < -0.4 is 4.90 Å². The number of aryl methyl sites for hydroxylation is 1. The number of hydrogen-bond acceptors (Lipinski definition) is 3. The molecule has 2 aliphatic heterocycles. The van der Waals surface area contributed by atoms with Gasteiger partial charge in [0.1, 0.15) is 5.69 Å². The summed E-state index contributed by atoms with van der Waals surface area (Å²) in [4.78, 5) is 22.6. The molecule has 2 aliphatic rings. The van der Waals surface area contributed by atoms with E-state index in [0.29, 0.717) is 11.6 Å². The summed E-state index contributed by atoms with van der Waals surface area (Å²) in [6, 6.07) is 18.5. The maximum absolute atomic E-state index is 13.5. The second kappa shape index (κ2) is 6.17. The number of aromatic nitrogens is 1. The fraction of sp³-hybridized carbons (Fsp3) is 0.304. The summed E-state index contributed by atoms with van der Waals surface area (Å²) in [6.45, 7) is 4.14. The van der Waals surface area contributed by atoms with E-state index in [1.54, 1.807) is 0 Å². The zero-order valence-corrected chi connectivity index (χ0v) is 15.7. The van der Waals surface area contributed by atoms with Gasteiger partial charge in [-0.05, 0) is 50.7 Å². The van der Waals surface area contributed by atoms with Crippen LogP contribution in [0.4, 0.5) is 5.69 Å². The van der Waals surface area contributed by atoms with E-state index >= 15 is 0 Å². The number of likely N-dealkylation sites (tertiary alicyclic amines) is 1. The fourth-order valence-corrected chi connectivity index (χ4v) is 4.65. The van der Waals surface area contributed by atoms with Gasteiger partial charge in [0, 0.05) is 29.6 Å². The number of amides is 1. The van der Waals surface area contributed by atoms with Crippen LogP contribution in [-0.4, -0.2) is 42.0 Å². The van der Waals surface area contributed by atoms with Crippen LogP contribution in [0, 0.1) is 6.92 Å². The summed E-state index contributed by atoms with van der Waals surface area (Å²) in [6.07, 6.45) is 0.994. The molecular formula is C23H23N3O. The average molecular weight is 357 g/mol. The third-order valence-corrected chi connectivity index (χ3v) is 5.99. The molecule has 1 aromatic heterocycles. The largest absolute Gasteiger partial charge is 0.306 e. The van der Waals surface area contributed by atoms with E-state index < -0.39 is 0 Å². The predicted molar refractivity (Wildman–Crippen MR) is 108 cm³/mol. The van der Waals surface area contributed by atoms with Crippen LogP contribution in [0.5, 0.6) is 0 Å². The molecule has 0 radical (unpaired) electrons. The minimum Gasteiger partial charge on any atom is -0.306 e. The summed E-state index contributed by atoms with van der Waals surface area (Å²) in [7, 11) is 2.17. The lowest BCUT2D eigenvalue weighted by Gasteiger charge is -2.36. The quantitative estimate of drug-likeness (QED) is 0.661. The van der Waals surface area contributed by atoms with Gasteiger partial charge in [-0.2, -0.15) is 0 Å². The molecule has 2 atom stereocenters.